The van der Waals surface area contributed by atoms with Crippen LogP contribution in [0.15, 0.2) is 83.8 Å². The van der Waals surface area contributed by atoms with E-state index in [0.717, 1.165) is 32.5 Å². The molecular formula is C27H24N6O2S. The van der Waals surface area contributed by atoms with Crippen molar-refractivity contribution in [2.75, 3.05) is 6.54 Å². The number of para-hydroxylation sites is 1. The lowest BCUT2D eigenvalue weighted by atomic mass is 10.2. The van der Waals surface area contributed by atoms with E-state index in [1.54, 1.807) is 28.3 Å². The second kappa shape index (κ2) is 10.1. The number of hydrogen-bond acceptors (Lipinski definition) is 6. The Balaban J connectivity index is 1.29. The molecule has 3 heterocycles. The molecule has 0 fully saturated rings. The Morgan fingerprint density at radius 3 is 2.44 bits per heavy atom. The molecule has 36 heavy (non-hydrogen) atoms. The van der Waals surface area contributed by atoms with Crippen molar-refractivity contribution in [1.29, 1.82) is 0 Å². The molecule has 2 aromatic carbocycles. The number of carbonyl (C=O) groups is 1. The van der Waals surface area contributed by atoms with E-state index < -0.39 is 0 Å². The monoisotopic (exact) mass is 496 g/mol. The van der Waals surface area contributed by atoms with Crippen LogP contribution < -0.4 is 10.9 Å². The predicted octanol–water partition coefficient (Wildman–Crippen LogP) is 4.27. The number of hydrogen-bond donors (Lipinski definition) is 1. The van der Waals surface area contributed by atoms with Crippen LogP contribution in [-0.4, -0.2) is 37.0 Å². The molecular weight excluding hydrogens is 472 g/mol. The minimum atomic E-state index is -0.246. The number of nitrogens with one attached hydrogen (secondary N) is 1. The fraction of sp³-hybridized carbons (Fsp3) is 0.148. The fourth-order valence-electron chi connectivity index (χ4n) is 3.90. The third-order valence-corrected chi connectivity index (χ3v) is 7.01. The zero-order chi connectivity index (χ0) is 25.1. The first kappa shape index (κ1) is 23.4. The Morgan fingerprint density at radius 2 is 1.69 bits per heavy atom. The molecule has 0 aliphatic rings. The van der Waals surface area contributed by atoms with Gasteiger partial charge < -0.3 is 5.32 Å². The van der Waals surface area contributed by atoms with Crippen molar-refractivity contribution in [2.45, 2.75) is 20.4 Å². The van der Waals surface area contributed by atoms with Gasteiger partial charge in [0.15, 0.2) is 0 Å². The van der Waals surface area contributed by atoms with Crippen molar-refractivity contribution in [1.82, 2.24) is 29.9 Å². The minimum absolute atomic E-state index is 0.230. The van der Waals surface area contributed by atoms with Gasteiger partial charge in [-0.1, -0.05) is 48.5 Å². The highest BCUT2D eigenvalue weighted by Gasteiger charge is 2.16. The number of rotatable bonds is 7. The van der Waals surface area contributed by atoms with E-state index in [2.05, 4.69) is 20.5 Å². The highest BCUT2D eigenvalue weighted by atomic mass is 32.1. The number of benzene rings is 2. The normalized spacial score (nSPS) is 10.9. The zero-order valence-corrected chi connectivity index (χ0v) is 20.7. The molecule has 5 rings (SSSR count). The van der Waals surface area contributed by atoms with Crippen LogP contribution >= 0.6 is 11.3 Å². The lowest BCUT2D eigenvalue weighted by Gasteiger charge is -2.08. The smallest absolute Gasteiger partial charge is 0.266 e. The van der Waals surface area contributed by atoms with Crippen LogP contribution in [0, 0.1) is 13.8 Å². The van der Waals surface area contributed by atoms with Gasteiger partial charge in [0.05, 0.1) is 40.3 Å². The average Bonchev–Trinajstić information content (AvgIpc) is 3.49. The fourth-order valence-corrected chi connectivity index (χ4v) is 4.94. The minimum Gasteiger partial charge on any atom is -0.350 e. The third kappa shape index (κ3) is 4.73. The standard InChI is InChI=1S/C27H24N6O2S/c1-18-25(36-27(30-18)20-9-5-3-6-10-20)23-13-14-24(34)32(31-23)16-15-28-26(35)22-17-29-33(19(22)2)21-11-7-4-8-12-21/h3-14,17H,15-16H2,1-2H3,(H,28,35). The van der Waals surface area contributed by atoms with Gasteiger partial charge in [-0.2, -0.15) is 10.2 Å². The predicted molar refractivity (Wildman–Crippen MR) is 140 cm³/mol. The van der Waals surface area contributed by atoms with Gasteiger partial charge in [-0.05, 0) is 32.0 Å². The van der Waals surface area contributed by atoms with Crippen LogP contribution in [0.2, 0.25) is 0 Å². The molecule has 0 radical (unpaired) electrons. The summed E-state index contributed by atoms with van der Waals surface area (Å²) in [5, 5.41) is 12.7. The molecule has 8 nitrogen and oxygen atoms in total. The molecule has 0 unspecified atom stereocenters. The van der Waals surface area contributed by atoms with Gasteiger partial charge in [0, 0.05) is 18.2 Å². The Morgan fingerprint density at radius 1 is 0.972 bits per heavy atom. The summed E-state index contributed by atoms with van der Waals surface area (Å²) in [5.74, 6) is -0.246. The van der Waals surface area contributed by atoms with Gasteiger partial charge >= 0.3 is 0 Å². The van der Waals surface area contributed by atoms with E-state index in [-0.39, 0.29) is 24.6 Å². The van der Waals surface area contributed by atoms with Crippen LogP contribution in [0.25, 0.3) is 26.8 Å². The Hall–Kier alpha value is -4.37. The zero-order valence-electron chi connectivity index (χ0n) is 19.9. The number of nitrogens with zero attached hydrogens (tertiary/aromatic N) is 5. The van der Waals surface area contributed by atoms with Crippen LogP contribution in [0.1, 0.15) is 21.7 Å². The van der Waals surface area contributed by atoms with Gasteiger partial charge in [-0.25, -0.2) is 14.3 Å². The van der Waals surface area contributed by atoms with Crippen molar-refractivity contribution in [2.24, 2.45) is 0 Å². The van der Waals surface area contributed by atoms with E-state index in [9.17, 15) is 9.59 Å². The topological polar surface area (TPSA) is 94.7 Å². The van der Waals surface area contributed by atoms with Crippen molar-refractivity contribution >= 4 is 17.2 Å². The summed E-state index contributed by atoms with van der Waals surface area (Å²) in [7, 11) is 0. The molecule has 9 heteroatoms. The quantitative estimate of drug-likeness (QED) is 0.363. The van der Waals surface area contributed by atoms with Crippen LogP contribution in [0.5, 0.6) is 0 Å². The number of aromatic nitrogens is 5. The summed E-state index contributed by atoms with van der Waals surface area (Å²) in [5.41, 5.74) is 4.46. The van der Waals surface area contributed by atoms with Crippen LogP contribution in [-0.2, 0) is 6.54 Å². The summed E-state index contributed by atoms with van der Waals surface area (Å²) in [6.07, 6.45) is 1.56. The highest BCUT2D eigenvalue weighted by Crippen LogP contribution is 2.33. The highest BCUT2D eigenvalue weighted by molar-refractivity contribution is 7.18. The maximum absolute atomic E-state index is 12.8. The largest absolute Gasteiger partial charge is 0.350 e. The molecule has 3 aromatic heterocycles. The average molecular weight is 497 g/mol. The maximum atomic E-state index is 12.8. The molecule has 1 amide bonds. The van der Waals surface area contributed by atoms with Crippen LogP contribution in [0.3, 0.4) is 0 Å². The van der Waals surface area contributed by atoms with Gasteiger partial charge in [-0.3, -0.25) is 9.59 Å². The maximum Gasteiger partial charge on any atom is 0.266 e. The summed E-state index contributed by atoms with van der Waals surface area (Å²) in [6.45, 7) is 4.29. The number of thiazole rings is 1. The van der Waals surface area contributed by atoms with Crippen molar-refractivity contribution in [3.8, 4) is 26.8 Å². The van der Waals surface area contributed by atoms with E-state index in [4.69, 9.17) is 0 Å². The first-order valence-corrected chi connectivity index (χ1v) is 12.3. The van der Waals surface area contributed by atoms with Crippen molar-refractivity contribution in [3.05, 3.63) is 106 Å². The van der Waals surface area contributed by atoms with E-state index in [1.807, 2.05) is 74.5 Å². The lowest BCUT2D eigenvalue weighted by Crippen LogP contribution is -2.32. The molecule has 180 valence electrons. The number of amides is 1. The summed E-state index contributed by atoms with van der Waals surface area (Å²) in [6, 6.07) is 22.8. The molecule has 1 N–H and O–H groups in total. The Kier molecular flexibility index (Phi) is 6.55. The number of aryl methyl sites for hydroxylation is 1. The molecule has 0 aliphatic heterocycles. The van der Waals surface area contributed by atoms with Gasteiger partial charge in [0.25, 0.3) is 11.5 Å². The molecule has 0 saturated carbocycles. The van der Waals surface area contributed by atoms with E-state index >= 15 is 0 Å². The molecule has 0 aliphatic carbocycles. The van der Waals surface area contributed by atoms with E-state index in [1.165, 1.54) is 10.7 Å². The summed E-state index contributed by atoms with van der Waals surface area (Å²) >= 11 is 1.54. The molecule has 0 atom stereocenters. The van der Waals surface area contributed by atoms with Gasteiger partial charge in [0.2, 0.25) is 0 Å². The van der Waals surface area contributed by atoms with Gasteiger partial charge in [0.1, 0.15) is 10.7 Å². The second-order valence-electron chi connectivity index (χ2n) is 8.23. The Bertz CT molecular complexity index is 1570. The van der Waals surface area contributed by atoms with Crippen molar-refractivity contribution < 1.29 is 4.79 Å². The summed E-state index contributed by atoms with van der Waals surface area (Å²) in [4.78, 5) is 30.8. The lowest BCUT2D eigenvalue weighted by molar-refractivity contribution is 0.0951. The second-order valence-corrected chi connectivity index (χ2v) is 9.23. The SMILES string of the molecule is Cc1nc(-c2ccccc2)sc1-c1ccc(=O)n(CCNC(=O)c2cnn(-c3ccccc3)c2C)n1. The number of carbonyl (C=O) groups excluding carboxylic acids is 1. The third-order valence-electron chi connectivity index (χ3n) is 5.78. The van der Waals surface area contributed by atoms with Gasteiger partial charge in [-0.15, -0.1) is 11.3 Å². The van der Waals surface area contributed by atoms with E-state index in [0.29, 0.717) is 11.3 Å². The van der Waals surface area contributed by atoms with Crippen molar-refractivity contribution in [3.63, 3.8) is 0 Å². The van der Waals surface area contributed by atoms with Crippen LogP contribution in [0.4, 0.5) is 0 Å². The Labute approximate surface area is 211 Å². The molecule has 5 aromatic rings. The molecule has 0 saturated heterocycles. The summed E-state index contributed by atoms with van der Waals surface area (Å²) < 4.78 is 3.10. The molecule has 0 spiro atoms. The molecule has 0 bridgehead atoms. The first-order chi connectivity index (χ1) is 17.5. The first-order valence-electron chi connectivity index (χ1n) is 11.5.